The molecular weight excluding hydrogens is 240 g/mol. The van der Waals surface area contributed by atoms with Gasteiger partial charge in [0, 0.05) is 5.56 Å². The molecule has 7 N–H and O–H groups in total. The third-order valence-corrected chi connectivity index (χ3v) is 2.42. The highest BCUT2D eigenvalue weighted by atomic mass is 16.1. The fraction of sp³-hybridized carbons (Fsp3) is 0.500. The van der Waals surface area contributed by atoms with Crippen LogP contribution in [0.15, 0.2) is 30.3 Å². The number of carbonyl (C=O) groups excluding carboxylic acids is 1. The lowest BCUT2D eigenvalue weighted by molar-refractivity contribution is 0.100. The first-order valence-electron chi connectivity index (χ1n) is 6.68. The van der Waals surface area contributed by atoms with E-state index in [-0.39, 0.29) is 5.91 Å². The molecule has 19 heavy (non-hydrogen) atoms. The van der Waals surface area contributed by atoms with Gasteiger partial charge in [0.15, 0.2) is 0 Å². The normalized spacial score (nSPS) is 9.58. The number of hydrogen-bond acceptors (Lipinski definition) is 4. The van der Waals surface area contributed by atoms with E-state index < -0.39 is 0 Å². The molecule has 5 nitrogen and oxygen atoms in total. The second-order valence-electron chi connectivity index (χ2n) is 4.12. The molecule has 0 saturated heterocycles. The van der Waals surface area contributed by atoms with Crippen LogP contribution in [0.2, 0.25) is 0 Å². The SMILES string of the molecule is NC(=O)c1ccccc1.NCCCCNCCCN. The van der Waals surface area contributed by atoms with Crippen LogP contribution >= 0.6 is 0 Å². The predicted octanol–water partition coefficient (Wildman–Crippen LogP) is 0.449. The minimum absolute atomic E-state index is 0.379. The average Bonchev–Trinajstić information content (AvgIpc) is 2.44. The molecule has 0 aromatic heterocycles. The van der Waals surface area contributed by atoms with Crippen LogP contribution in [-0.4, -0.2) is 32.1 Å². The van der Waals surface area contributed by atoms with Crippen molar-refractivity contribution < 1.29 is 4.79 Å². The number of nitrogens with one attached hydrogen (secondary N) is 1. The van der Waals surface area contributed by atoms with E-state index in [0.29, 0.717) is 5.56 Å². The molecule has 0 aliphatic rings. The van der Waals surface area contributed by atoms with Crippen LogP contribution in [0.3, 0.4) is 0 Å². The molecule has 0 bridgehead atoms. The average molecular weight is 266 g/mol. The molecule has 0 fully saturated rings. The number of hydrogen-bond donors (Lipinski definition) is 4. The highest BCUT2D eigenvalue weighted by Gasteiger charge is 1.93. The number of carbonyl (C=O) groups is 1. The summed E-state index contributed by atoms with van der Waals surface area (Å²) in [5.74, 6) is -0.379. The van der Waals surface area contributed by atoms with Gasteiger partial charge in [0.05, 0.1) is 0 Å². The van der Waals surface area contributed by atoms with Crippen molar-refractivity contribution in [1.82, 2.24) is 5.32 Å². The fourth-order valence-corrected chi connectivity index (χ4v) is 1.35. The minimum atomic E-state index is -0.379. The van der Waals surface area contributed by atoms with Crippen LogP contribution in [0.25, 0.3) is 0 Å². The van der Waals surface area contributed by atoms with Crippen molar-refractivity contribution in [2.24, 2.45) is 17.2 Å². The molecule has 0 atom stereocenters. The molecular formula is C14H26N4O. The number of unbranched alkanes of at least 4 members (excludes halogenated alkanes) is 1. The van der Waals surface area contributed by atoms with E-state index in [0.717, 1.165) is 39.0 Å². The first-order valence-corrected chi connectivity index (χ1v) is 6.68. The molecule has 0 radical (unpaired) electrons. The number of primary amides is 1. The van der Waals surface area contributed by atoms with Gasteiger partial charge in [-0.3, -0.25) is 4.79 Å². The molecule has 1 rings (SSSR count). The number of benzene rings is 1. The van der Waals surface area contributed by atoms with Crippen molar-refractivity contribution in [1.29, 1.82) is 0 Å². The lowest BCUT2D eigenvalue weighted by Gasteiger charge is -2.01. The molecule has 0 unspecified atom stereocenters. The molecule has 5 heteroatoms. The molecule has 1 aromatic carbocycles. The van der Waals surface area contributed by atoms with Gasteiger partial charge < -0.3 is 22.5 Å². The van der Waals surface area contributed by atoms with E-state index in [1.165, 1.54) is 6.42 Å². The Kier molecular flexibility index (Phi) is 12.0. The van der Waals surface area contributed by atoms with E-state index in [4.69, 9.17) is 17.2 Å². The third-order valence-electron chi connectivity index (χ3n) is 2.42. The Morgan fingerprint density at radius 1 is 0.947 bits per heavy atom. The van der Waals surface area contributed by atoms with Crippen LogP contribution < -0.4 is 22.5 Å². The maximum absolute atomic E-state index is 10.4. The first kappa shape index (κ1) is 17.6. The van der Waals surface area contributed by atoms with Crippen molar-refractivity contribution >= 4 is 5.91 Å². The van der Waals surface area contributed by atoms with Crippen LogP contribution in [0.4, 0.5) is 0 Å². The summed E-state index contributed by atoms with van der Waals surface area (Å²) >= 11 is 0. The van der Waals surface area contributed by atoms with Gasteiger partial charge in [-0.05, 0) is 57.6 Å². The minimum Gasteiger partial charge on any atom is -0.366 e. The van der Waals surface area contributed by atoms with E-state index in [9.17, 15) is 4.79 Å². The van der Waals surface area contributed by atoms with Gasteiger partial charge in [0.1, 0.15) is 0 Å². The molecule has 108 valence electrons. The Labute approximate surface area is 115 Å². The summed E-state index contributed by atoms with van der Waals surface area (Å²) in [7, 11) is 0. The highest BCUT2D eigenvalue weighted by molar-refractivity contribution is 5.92. The standard InChI is InChI=1S/C7H19N3.C7H7NO/c8-4-1-2-6-10-7-3-5-9;8-7(9)6-4-2-1-3-5-6/h10H,1-9H2;1-5H,(H2,8,9). The van der Waals surface area contributed by atoms with E-state index in [2.05, 4.69) is 5.32 Å². The Morgan fingerprint density at radius 3 is 2.00 bits per heavy atom. The van der Waals surface area contributed by atoms with E-state index in [1.54, 1.807) is 24.3 Å². The van der Waals surface area contributed by atoms with E-state index >= 15 is 0 Å². The van der Waals surface area contributed by atoms with Crippen LogP contribution in [0, 0.1) is 0 Å². The van der Waals surface area contributed by atoms with Gasteiger partial charge in [-0.2, -0.15) is 0 Å². The van der Waals surface area contributed by atoms with Gasteiger partial charge in [0.25, 0.3) is 0 Å². The molecule has 0 aliphatic carbocycles. The summed E-state index contributed by atoms with van der Waals surface area (Å²) in [6.07, 6.45) is 3.37. The van der Waals surface area contributed by atoms with Crippen molar-refractivity contribution in [3.63, 3.8) is 0 Å². The van der Waals surface area contributed by atoms with Gasteiger partial charge in [-0.15, -0.1) is 0 Å². The second kappa shape index (κ2) is 13.0. The monoisotopic (exact) mass is 266 g/mol. The smallest absolute Gasteiger partial charge is 0.248 e. The summed E-state index contributed by atoms with van der Waals surface area (Å²) in [5, 5.41) is 3.29. The van der Waals surface area contributed by atoms with Crippen LogP contribution in [-0.2, 0) is 0 Å². The molecule has 0 heterocycles. The summed E-state index contributed by atoms with van der Waals surface area (Å²) in [4.78, 5) is 10.4. The number of amides is 1. The zero-order chi connectivity index (χ0) is 14.3. The van der Waals surface area contributed by atoms with Crippen molar-refractivity contribution in [3.05, 3.63) is 35.9 Å². The highest BCUT2D eigenvalue weighted by Crippen LogP contribution is 1.94. The van der Waals surface area contributed by atoms with E-state index in [1.807, 2.05) is 6.07 Å². The van der Waals surface area contributed by atoms with Crippen LogP contribution in [0.5, 0.6) is 0 Å². The number of nitrogens with two attached hydrogens (primary N) is 3. The third kappa shape index (κ3) is 11.4. The second-order valence-corrected chi connectivity index (χ2v) is 4.12. The topological polar surface area (TPSA) is 107 Å². The lowest BCUT2D eigenvalue weighted by Crippen LogP contribution is -2.19. The largest absolute Gasteiger partial charge is 0.366 e. The van der Waals surface area contributed by atoms with Crippen molar-refractivity contribution in [2.45, 2.75) is 19.3 Å². The Hall–Kier alpha value is -1.43. The molecule has 1 amide bonds. The summed E-state index contributed by atoms with van der Waals surface area (Å²) in [6.45, 7) is 3.71. The maximum Gasteiger partial charge on any atom is 0.248 e. The summed E-state index contributed by atoms with van der Waals surface area (Å²) < 4.78 is 0. The molecule has 0 aliphatic heterocycles. The number of rotatable bonds is 8. The Morgan fingerprint density at radius 2 is 1.53 bits per heavy atom. The predicted molar refractivity (Wildman–Crippen MR) is 79.8 cm³/mol. The first-order chi connectivity index (χ1) is 9.22. The Bertz CT molecular complexity index is 308. The molecule has 0 spiro atoms. The van der Waals surface area contributed by atoms with Gasteiger partial charge in [-0.1, -0.05) is 18.2 Å². The van der Waals surface area contributed by atoms with Gasteiger partial charge in [0.2, 0.25) is 5.91 Å². The Balaban J connectivity index is 0.000000342. The fourth-order valence-electron chi connectivity index (χ4n) is 1.35. The molecule has 0 saturated carbocycles. The van der Waals surface area contributed by atoms with Crippen molar-refractivity contribution in [2.75, 3.05) is 26.2 Å². The quantitative estimate of drug-likeness (QED) is 0.512. The summed E-state index contributed by atoms with van der Waals surface area (Å²) in [6, 6.07) is 8.76. The zero-order valence-electron chi connectivity index (χ0n) is 11.5. The van der Waals surface area contributed by atoms with Gasteiger partial charge in [-0.25, -0.2) is 0 Å². The maximum atomic E-state index is 10.4. The molecule has 1 aromatic rings. The summed E-state index contributed by atoms with van der Waals surface area (Å²) in [5.41, 5.74) is 16.2. The lowest BCUT2D eigenvalue weighted by atomic mass is 10.2. The zero-order valence-corrected chi connectivity index (χ0v) is 11.5. The van der Waals surface area contributed by atoms with Gasteiger partial charge >= 0.3 is 0 Å². The van der Waals surface area contributed by atoms with Crippen LogP contribution in [0.1, 0.15) is 29.6 Å². The van der Waals surface area contributed by atoms with Crippen molar-refractivity contribution in [3.8, 4) is 0 Å².